The van der Waals surface area contributed by atoms with Crippen molar-refractivity contribution in [2.75, 3.05) is 0 Å². The third-order valence-electron chi connectivity index (χ3n) is 10.5. The Labute approximate surface area is 322 Å². The van der Waals surface area contributed by atoms with Crippen LogP contribution in [-0.4, -0.2) is 15.0 Å². The summed E-state index contributed by atoms with van der Waals surface area (Å²) < 4.78 is 12.9. The number of rotatable bonds is 6. The second-order valence-corrected chi connectivity index (χ2v) is 13.9. The average molecular weight is 718 g/mol. The molecule has 0 fully saturated rings. The van der Waals surface area contributed by atoms with E-state index in [0.29, 0.717) is 17.5 Å². The molecule has 11 aromatic rings. The van der Waals surface area contributed by atoms with Gasteiger partial charge < -0.3 is 8.83 Å². The molecule has 3 aromatic heterocycles. The van der Waals surface area contributed by atoms with Crippen molar-refractivity contribution in [1.82, 2.24) is 15.0 Å². The lowest BCUT2D eigenvalue weighted by Gasteiger charge is -2.19. The van der Waals surface area contributed by atoms with Crippen LogP contribution in [0.1, 0.15) is 0 Å². The van der Waals surface area contributed by atoms with Gasteiger partial charge in [-0.15, -0.1) is 0 Å². The Morgan fingerprint density at radius 2 is 0.821 bits per heavy atom. The van der Waals surface area contributed by atoms with E-state index in [4.69, 9.17) is 23.8 Å². The summed E-state index contributed by atoms with van der Waals surface area (Å²) in [6, 6.07) is 64.5. The van der Waals surface area contributed by atoms with Gasteiger partial charge >= 0.3 is 0 Å². The molecular formula is C51H31N3O2. The van der Waals surface area contributed by atoms with Gasteiger partial charge in [0.05, 0.1) is 0 Å². The van der Waals surface area contributed by atoms with Crippen LogP contribution in [0, 0.1) is 0 Å². The number of aromatic nitrogens is 3. The van der Waals surface area contributed by atoms with Gasteiger partial charge in [0.2, 0.25) is 0 Å². The molecular weight excluding hydrogens is 687 g/mol. The normalized spacial score (nSPS) is 11.6. The standard InChI is InChI=1S/C51H31N3O2/c1-4-15-32(16-5-1)36-30-42(40-24-14-23-39-37-21-10-13-26-45(37)56-48(39)40)47(33-17-6-2-7-18-33)43(31-36)51-53-49(34-19-8-3-9-20-34)52-50(54-51)35-27-28-46-41(29-35)38-22-11-12-25-44(38)55-46/h1-31H. The molecule has 0 aliphatic carbocycles. The van der Waals surface area contributed by atoms with E-state index in [0.717, 1.165) is 93.9 Å². The molecule has 0 atom stereocenters. The van der Waals surface area contributed by atoms with Gasteiger partial charge in [-0.2, -0.15) is 0 Å². The number of furan rings is 2. The molecule has 56 heavy (non-hydrogen) atoms. The predicted octanol–water partition coefficient (Wildman–Crippen LogP) is 13.7. The summed E-state index contributed by atoms with van der Waals surface area (Å²) in [5, 5.41) is 4.22. The van der Waals surface area contributed by atoms with Crippen LogP contribution >= 0.6 is 0 Å². The fraction of sp³-hybridized carbons (Fsp3) is 0. The fourth-order valence-corrected chi connectivity index (χ4v) is 7.91. The quantitative estimate of drug-likeness (QED) is 0.171. The van der Waals surface area contributed by atoms with Crippen molar-refractivity contribution in [3.63, 3.8) is 0 Å². The lowest BCUT2D eigenvalue weighted by molar-refractivity contribution is 0.669. The van der Waals surface area contributed by atoms with Crippen LogP contribution in [0.5, 0.6) is 0 Å². The molecule has 5 heteroatoms. The first-order valence-corrected chi connectivity index (χ1v) is 18.7. The van der Waals surface area contributed by atoms with E-state index in [2.05, 4.69) is 103 Å². The Bertz CT molecular complexity index is 3240. The van der Waals surface area contributed by atoms with Gasteiger partial charge in [-0.3, -0.25) is 0 Å². The summed E-state index contributed by atoms with van der Waals surface area (Å²) in [6.07, 6.45) is 0. The maximum atomic E-state index is 6.68. The first-order valence-electron chi connectivity index (χ1n) is 18.7. The zero-order chi connectivity index (χ0) is 37.0. The molecule has 0 spiro atoms. The van der Waals surface area contributed by atoms with Crippen molar-refractivity contribution < 1.29 is 8.83 Å². The SMILES string of the molecule is c1ccc(-c2cc(-c3nc(-c4ccccc4)nc(-c4ccc5oc6ccccc6c5c4)n3)c(-c3ccccc3)c(-c3cccc4c3oc3ccccc34)c2)cc1. The third-order valence-corrected chi connectivity index (χ3v) is 10.5. The summed E-state index contributed by atoms with van der Waals surface area (Å²) in [6.45, 7) is 0. The molecule has 0 bridgehead atoms. The highest BCUT2D eigenvalue weighted by atomic mass is 16.3. The summed E-state index contributed by atoms with van der Waals surface area (Å²) in [5.41, 5.74) is 12.2. The Morgan fingerprint density at radius 3 is 1.55 bits per heavy atom. The zero-order valence-corrected chi connectivity index (χ0v) is 30.1. The number of nitrogens with zero attached hydrogens (tertiary/aromatic N) is 3. The Hall–Kier alpha value is -7.63. The molecule has 3 heterocycles. The number of fused-ring (bicyclic) bond motifs is 6. The molecule has 5 nitrogen and oxygen atoms in total. The van der Waals surface area contributed by atoms with Gasteiger partial charge in [-0.05, 0) is 64.7 Å². The van der Waals surface area contributed by atoms with Crippen LogP contribution in [0.3, 0.4) is 0 Å². The van der Waals surface area contributed by atoms with Crippen molar-refractivity contribution in [3.8, 4) is 67.5 Å². The van der Waals surface area contributed by atoms with Gasteiger partial charge in [0, 0.05) is 49.4 Å². The Kier molecular flexibility index (Phi) is 7.42. The van der Waals surface area contributed by atoms with Crippen LogP contribution in [0.4, 0.5) is 0 Å². The van der Waals surface area contributed by atoms with E-state index in [1.165, 1.54) is 0 Å². The topological polar surface area (TPSA) is 65.0 Å². The highest BCUT2D eigenvalue weighted by Gasteiger charge is 2.23. The van der Waals surface area contributed by atoms with E-state index in [1.54, 1.807) is 0 Å². The lowest BCUT2D eigenvalue weighted by atomic mass is 9.86. The second kappa shape index (κ2) is 13.0. The van der Waals surface area contributed by atoms with Crippen molar-refractivity contribution in [2.45, 2.75) is 0 Å². The molecule has 0 N–H and O–H groups in total. The van der Waals surface area contributed by atoms with Crippen LogP contribution in [0.2, 0.25) is 0 Å². The minimum Gasteiger partial charge on any atom is -0.456 e. The van der Waals surface area contributed by atoms with E-state index < -0.39 is 0 Å². The molecule has 0 radical (unpaired) electrons. The molecule has 0 aliphatic heterocycles. The molecule has 0 saturated carbocycles. The highest BCUT2D eigenvalue weighted by Crippen LogP contribution is 2.46. The molecule has 0 amide bonds. The monoisotopic (exact) mass is 717 g/mol. The van der Waals surface area contributed by atoms with Gasteiger partial charge in [0.15, 0.2) is 17.5 Å². The lowest BCUT2D eigenvalue weighted by Crippen LogP contribution is -2.02. The summed E-state index contributed by atoms with van der Waals surface area (Å²) >= 11 is 0. The smallest absolute Gasteiger partial charge is 0.164 e. The van der Waals surface area contributed by atoms with Crippen molar-refractivity contribution in [3.05, 3.63) is 188 Å². The number of hydrogen-bond donors (Lipinski definition) is 0. The molecule has 8 aromatic carbocycles. The molecule has 0 saturated heterocycles. The van der Waals surface area contributed by atoms with Crippen LogP contribution < -0.4 is 0 Å². The van der Waals surface area contributed by atoms with Crippen molar-refractivity contribution >= 4 is 43.9 Å². The number of hydrogen-bond acceptors (Lipinski definition) is 5. The Morgan fingerprint density at radius 1 is 0.286 bits per heavy atom. The van der Waals surface area contributed by atoms with Gasteiger partial charge in [0.25, 0.3) is 0 Å². The zero-order valence-electron chi connectivity index (χ0n) is 30.1. The number of benzene rings is 8. The van der Waals surface area contributed by atoms with Gasteiger partial charge in [-0.25, -0.2) is 15.0 Å². The summed E-state index contributed by atoms with van der Waals surface area (Å²) in [4.78, 5) is 15.8. The molecule has 0 unspecified atom stereocenters. The molecule has 11 rings (SSSR count). The van der Waals surface area contributed by atoms with Crippen molar-refractivity contribution in [2.24, 2.45) is 0 Å². The van der Waals surface area contributed by atoms with Crippen LogP contribution in [-0.2, 0) is 0 Å². The summed E-state index contributed by atoms with van der Waals surface area (Å²) in [5.74, 6) is 1.74. The number of para-hydroxylation sites is 3. The van der Waals surface area contributed by atoms with Crippen molar-refractivity contribution in [1.29, 1.82) is 0 Å². The van der Waals surface area contributed by atoms with Crippen LogP contribution in [0.25, 0.3) is 111 Å². The minimum absolute atomic E-state index is 0.570. The Balaban J connectivity index is 1.24. The maximum absolute atomic E-state index is 6.68. The van der Waals surface area contributed by atoms with Crippen LogP contribution in [0.15, 0.2) is 197 Å². The van der Waals surface area contributed by atoms with E-state index in [9.17, 15) is 0 Å². The van der Waals surface area contributed by atoms with Gasteiger partial charge in [-0.1, -0.05) is 146 Å². The molecule has 0 aliphatic rings. The maximum Gasteiger partial charge on any atom is 0.164 e. The summed E-state index contributed by atoms with van der Waals surface area (Å²) in [7, 11) is 0. The van der Waals surface area contributed by atoms with E-state index >= 15 is 0 Å². The van der Waals surface area contributed by atoms with Gasteiger partial charge in [0.1, 0.15) is 22.3 Å². The average Bonchev–Trinajstić information content (AvgIpc) is 3.85. The minimum atomic E-state index is 0.570. The highest BCUT2D eigenvalue weighted by molar-refractivity contribution is 6.12. The predicted molar refractivity (Wildman–Crippen MR) is 227 cm³/mol. The molecule has 262 valence electrons. The van der Waals surface area contributed by atoms with E-state index in [1.807, 2.05) is 84.9 Å². The van der Waals surface area contributed by atoms with E-state index in [-0.39, 0.29) is 0 Å². The largest absolute Gasteiger partial charge is 0.456 e. The third kappa shape index (κ3) is 5.37. The first kappa shape index (κ1) is 31.9. The first-order chi connectivity index (χ1) is 27.7. The second-order valence-electron chi connectivity index (χ2n) is 13.9. The fourth-order valence-electron chi connectivity index (χ4n) is 7.91.